The van der Waals surface area contributed by atoms with Crippen LogP contribution in [0.1, 0.15) is 30.0 Å². The lowest BCUT2D eigenvalue weighted by Crippen LogP contribution is -2.40. The van der Waals surface area contributed by atoms with Crippen LogP contribution in [0.25, 0.3) is 0 Å². The molecule has 7 heteroatoms. The Kier molecular flexibility index (Phi) is 5.51. The maximum Gasteiger partial charge on any atom is 0.229 e. The van der Waals surface area contributed by atoms with Crippen LogP contribution >= 0.6 is 0 Å². The fraction of sp³-hybridized carbons (Fsp3) is 0.286. The summed E-state index contributed by atoms with van der Waals surface area (Å²) < 4.78 is 0. The van der Waals surface area contributed by atoms with E-state index in [0.717, 1.165) is 30.6 Å². The van der Waals surface area contributed by atoms with Crippen molar-refractivity contribution in [2.45, 2.75) is 25.2 Å². The van der Waals surface area contributed by atoms with Gasteiger partial charge in [-0.3, -0.25) is 10.1 Å². The van der Waals surface area contributed by atoms with Crippen LogP contribution in [-0.4, -0.2) is 43.8 Å². The summed E-state index contributed by atoms with van der Waals surface area (Å²) in [5.74, 6) is 1.30. The lowest BCUT2D eigenvalue weighted by atomic mass is 9.94. The zero-order valence-electron chi connectivity index (χ0n) is 15.5. The third-order valence-corrected chi connectivity index (χ3v) is 4.86. The summed E-state index contributed by atoms with van der Waals surface area (Å²) in [4.78, 5) is 31.8. The van der Waals surface area contributed by atoms with Gasteiger partial charge in [0.2, 0.25) is 17.8 Å². The molecule has 1 N–H and O–H groups in total. The van der Waals surface area contributed by atoms with E-state index in [1.165, 1.54) is 0 Å². The van der Waals surface area contributed by atoms with Gasteiger partial charge in [0, 0.05) is 37.6 Å². The van der Waals surface area contributed by atoms with Crippen molar-refractivity contribution < 1.29 is 4.79 Å². The topological polar surface area (TPSA) is 83.9 Å². The molecule has 0 spiro atoms. The number of nitrogens with one attached hydrogen (secondary N) is 1. The second kappa shape index (κ2) is 8.56. The van der Waals surface area contributed by atoms with Crippen LogP contribution in [0.15, 0.2) is 61.1 Å². The van der Waals surface area contributed by atoms with Crippen LogP contribution in [0, 0.1) is 0 Å². The number of nitrogens with zero attached hydrogens (tertiary/aromatic N) is 5. The standard InChI is InChI=1S/C21H22N6O/c28-19(14-16-6-2-1-3-7-16)27-13-4-8-17(15-27)18-9-12-24-21(25-18)26-20-22-10-5-11-23-20/h1-3,5-7,9-12,17H,4,8,13-15H2,(H,22,23,24,25,26)/t17-/m0/s1. The molecule has 142 valence electrons. The third kappa shape index (κ3) is 4.49. The molecule has 1 aliphatic heterocycles. The van der Waals surface area contributed by atoms with Gasteiger partial charge in [-0.05, 0) is 30.5 Å². The van der Waals surface area contributed by atoms with Crippen molar-refractivity contribution in [3.05, 3.63) is 72.3 Å². The van der Waals surface area contributed by atoms with Gasteiger partial charge in [-0.25, -0.2) is 19.9 Å². The minimum absolute atomic E-state index is 0.168. The Morgan fingerprint density at radius 2 is 1.79 bits per heavy atom. The number of anilines is 2. The third-order valence-electron chi connectivity index (χ3n) is 4.86. The Bertz CT molecular complexity index is 918. The van der Waals surface area contributed by atoms with Crippen molar-refractivity contribution in [2.24, 2.45) is 0 Å². The molecule has 1 amide bonds. The monoisotopic (exact) mass is 374 g/mol. The Balaban J connectivity index is 1.43. The van der Waals surface area contributed by atoms with Gasteiger partial charge in [0.05, 0.1) is 12.1 Å². The zero-order valence-corrected chi connectivity index (χ0v) is 15.5. The molecule has 3 aromatic rings. The average Bonchev–Trinajstić information content (AvgIpc) is 2.75. The molecule has 1 fully saturated rings. The second-order valence-electron chi connectivity index (χ2n) is 6.84. The van der Waals surface area contributed by atoms with Gasteiger partial charge in [-0.1, -0.05) is 30.3 Å². The lowest BCUT2D eigenvalue weighted by molar-refractivity contribution is -0.131. The van der Waals surface area contributed by atoms with E-state index >= 15 is 0 Å². The van der Waals surface area contributed by atoms with Gasteiger partial charge in [-0.15, -0.1) is 0 Å². The molecule has 28 heavy (non-hydrogen) atoms. The van der Waals surface area contributed by atoms with Crippen molar-refractivity contribution in [3.8, 4) is 0 Å². The highest BCUT2D eigenvalue weighted by atomic mass is 16.2. The van der Waals surface area contributed by atoms with E-state index in [4.69, 9.17) is 0 Å². The number of piperidine rings is 1. The van der Waals surface area contributed by atoms with Gasteiger partial charge in [0.25, 0.3) is 0 Å². The van der Waals surface area contributed by atoms with Crippen molar-refractivity contribution in [1.82, 2.24) is 24.8 Å². The van der Waals surface area contributed by atoms with E-state index in [-0.39, 0.29) is 11.8 Å². The number of likely N-dealkylation sites (tertiary alicyclic amines) is 1. The number of carbonyl (C=O) groups excluding carboxylic acids is 1. The number of hydrogen-bond donors (Lipinski definition) is 1. The van der Waals surface area contributed by atoms with E-state index in [0.29, 0.717) is 24.9 Å². The van der Waals surface area contributed by atoms with Gasteiger partial charge >= 0.3 is 0 Å². The molecule has 1 aromatic carbocycles. The molecule has 2 aromatic heterocycles. The highest BCUT2D eigenvalue weighted by molar-refractivity contribution is 5.79. The maximum atomic E-state index is 12.7. The van der Waals surface area contributed by atoms with Crippen molar-refractivity contribution in [2.75, 3.05) is 18.4 Å². The molecule has 1 atom stereocenters. The van der Waals surface area contributed by atoms with E-state index in [2.05, 4.69) is 25.3 Å². The molecular formula is C21H22N6O. The summed E-state index contributed by atoms with van der Waals surface area (Å²) >= 11 is 0. The van der Waals surface area contributed by atoms with E-state index in [1.54, 1.807) is 24.7 Å². The van der Waals surface area contributed by atoms with Crippen molar-refractivity contribution >= 4 is 17.8 Å². The summed E-state index contributed by atoms with van der Waals surface area (Å²) in [6.07, 6.45) is 7.48. The molecule has 0 aliphatic carbocycles. The Morgan fingerprint density at radius 3 is 2.61 bits per heavy atom. The smallest absolute Gasteiger partial charge is 0.229 e. The molecule has 3 heterocycles. The Hall–Kier alpha value is -3.35. The fourth-order valence-electron chi connectivity index (χ4n) is 3.45. The highest BCUT2D eigenvalue weighted by Crippen LogP contribution is 2.26. The van der Waals surface area contributed by atoms with Crippen LogP contribution in [0.5, 0.6) is 0 Å². The average molecular weight is 374 g/mol. The molecule has 0 bridgehead atoms. The number of carbonyl (C=O) groups is 1. The highest BCUT2D eigenvalue weighted by Gasteiger charge is 2.26. The van der Waals surface area contributed by atoms with Gasteiger partial charge in [0.1, 0.15) is 0 Å². The maximum absolute atomic E-state index is 12.7. The minimum Gasteiger partial charge on any atom is -0.342 e. The molecule has 4 rings (SSSR count). The van der Waals surface area contributed by atoms with Crippen LogP contribution < -0.4 is 5.32 Å². The first-order chi connectivity index (χ1) is 13.8. The molecule has 7 nitrogen and oxygen atoms in total. The molecule has 1 saturated heterocycles. The predicted octanol–water partition coefficient (Wildman–Crippen LogP) is 2.96. The van der Waals surface area contributed by atoms with Crippen molar-refractivity contribution in [1.29, 1.82) is 0 Å². The van der Waals surface area contributed by atoms with Gasteiger partial charge in [-0.2, -0.15) is 0 Å². The molecule has 1 aliphatic rings. The normalized spacial score (nSPS) is 16.6. The van der Waals surface area contributed by atoms with E-state index in [1.807, 2.05) is 41.3 Å². The number of amides is 1. The zero-order chi connectivity index (χ0) is 19.2. The molecule has 0 unspecified atom stereocenters. The number of rotatable bonds is 5. The Labute approximate surface area is 163 Å². The summed E-state index contributed by atoms with van der Waals surface area (Å²) in [6.45, 7) is 1.49. The first kappa shape index (κ1) is 18.0. The second-order valence-corrected chi connectivity index (χ2v) is 6.84. The minimum atomic E-state index is 0.168. The molecular weight excluding hydrogens is 352 g/mol. The van der Waals surface area contributed by atoms with Crippen molar-refractivity contribution in [3.63, 3.8) is 0 Å². The van der Waals surface area contributed by atoms with Crippen LogP contribution in [0.4, 0.5) is 11.9 Å². The van der Waals surface area contributed by atoms with Crippen LogP contribution in [0.2, 0.25) is 0 Å². The Morgan fingerprint density at radius 1 is 1.00 bits per heavy atom. The first-order valence-electron chi connectivity index (χ1n) is 9.46. The lowest BCUT2D eigenvalue weighted by Gasteiger charge is -2.32. The summed E-state index contributed by atoms with van der Waals surface area (Å²) in [7, 11) is 0. The fourth-order valence-corrected chi connectivity index (χ4v) is 3.45. The first-order valence-corrected chi connectivity index (χ1v) is 9.46. The summed E-state index contributed by atoms with van der Waals surface area (Å²) in [6, 6.07) is 13.6. The van der Waals surface area contributed by atoms with Gasteiger partial charge in [0.15, 0.2) is 0 Å². The SMILES string of the molecule is O=C(Cc1ccccc1)N1CCC[C@H](c2ccnc(Nc3ncccn3)n2)C1. The molecule has 0 saturated carbocycles. The van der Waals surface area contributed by atoms with Crippen LogP contribution in [0.3, 0.4) is 0 Å². The number of hydrogen-bond acceptors (Lipinski definition) is 6. The molecule has 0 radical (unpaired) electrons. The largest absolute Gasteiger partial charge is 0.342 e. The number of benzene rings is 1. The summed E-state index contributed by atoms with van der Waals surface area (Å²) in [5.41, 5.74) is 1.98. The van der Waals surface area contributed by atoms with Gasteiger partial charge < -0.3 is 4.90 Å². The quantitative estimate of drug-likeness (QED) is 0.739. The number of aromatic nitrogens is 4. The van der Waals surface area contributed by atoms with E-state index in [9.17, 15) is 4.79 Å². The summed E-state index contributed by atoms with van der Waals surface area (Å²) in [5, 5.41) is 3.03. The predicted molar refractivity (Wildman–Crippen MR) is 106 cm³/mol. The van der Waals surface area contributed by atoms with Crippen LogP contribution in [-0.2, 0) is 11.2 Å². The van der Waals surface area contributed by atoms with E-state index < -0.39 is 0 Å².